The summed E-state index contributed by atoms with van der Waals surface area (Å²) in [5.74, 6) is 0.218. The predicted molar refractivity (Wildman–Crippen MR) is 60.9 cm³/mol. The lowest BCUT2D eigenvalue weighted by Gasteiger charge is -2.31. The molecular formula is C12H21NO2. The minimum Gasteiger partial charge on any atom is -0.368 e. The highest BCUT2D eigenvalue weighted by atomic mass is 16.5. The van der Waals surface area contributed by atoms with Crippen molar-refractivity contribution in [2.24, 2.45) is 0 Å². The summed E-state index contributed by atoms with van der Waals surface area (Å²) in [6.45, 7) is 9.25. The summed E-state index contributed by atoms with van der Waals surface area (Å²) < 4.78 is 5.49. The Morgan fingerprint density at radius 2 is 2.47 bits per heavy atom. The molecule has 0 aromatic heterocycles. The quantitative estimate of drug-likeness (QED) is 0.625. The summed E-state index contributed by atoms with van der Waals surface area (Å²) >= 11 is 0. The second-order valence-corrected chi connectivity index (χ2v) is 3.95. The van der Waals surface area contributed by atoms with Crippen molar-refractivity contribution in [1.82, 2.24) is 4.90 Å². The van der Waals surface area contributed by atoms with Gasteiger partial charge in [0, 0.05) is 19.5 Å². The molecule has 0 bridgehead atoms. The molecule has 0 aromatic carbocycles. The van der Waals surface area contributed by atoms with Gasteiger partial charge in [0.1, 0.15) is 6.10 Å². The Labute approximate surface area is 92.1 Å². The normalized spacial score (nSPS) is 22.6. The number of hydrogen-bond acceptors (Lipinski definition) is 3. The number of hydrogen-bond donors (Lipinski definition) is 0. The van der Waals surface area contributed by atoms with Crippen molar-refractivity contribution in [3.8, 4) is 0 Å². The molecule has 0 spiro atoms. The molecule has 86 valence electrons. The van der Waals surface area contributed by atoms with Gasteiger partial charge in [-0.2, -0.15) is 0 Å². The van der Waals surface area contributed by atoms with Gasteiger partial charge in [-0.05, 0) is 19.4 Å². The number of carbonyl (C=O) groups excluding carboxylic acids is 1. The number of Topliss-reactive ketones (excluding diaryl/α,β-unsaturated/α-hetero) is 1. The van der Waals surface area contributed by atoms with Crippen LogP contribution in [0.3, 0.4) is 0 Å². The van der Waals surface area contributed by atoms with Gasteiger partial charge in [-0.3, -0.25) is 9.69 Å². The van der Waals surface area contributed by atoms with Crippen LogP contribution in [0.5, 0.6) is 0 Å². The minimum absolute atomic E-state index is 0.203. The largest absolute Gasteiger partial charge is 0.368 e. The molecule has 0 saturated carbocycles. The molecule has 3 nitrogen and oxygen atoms in total. The van der Waals surface area contributed by atoms with Gasteiger partial charge in [0.25, 0.3) is 0 Å². The van der Waals surface area contributed by atoms with E-state index in [-0.39, 0.29) is 11.9 Å². The second-order valence-electron chi connectivity index (χ2n) is 3.95. The lowest BCUT2D eigenvalue weighted by Crippen LogP contribution is -2.46. The fraction of sp³-hybridized carbons (Fsp3) is 0.750. The Balaban J connectivity index is 2.34. The highest BCUT2D eigenvalue weighted by Crippen LogP contribution is 2.09. The van der Waals surface area contributed by atoms with Gasteiger partial charge in [-0.15, -0.1) is 6.58 Å². The van der Waals surface area contributed by atoms with Gasteiger partial charge < -0.3 is 4.74 Å². The van der Waals surface area contributed by atoms with E-state index in [1.54, 1.807) is 6.08 Å². The van der Waals surface area contributed by atoms with Gasteiger partial charge in [0.2, 0.25) is 0 Å². The zero-order valence-corrected chi connectivity index (χ0v) is 9.58. The maximum atomic E-state index is 11.7. The summed E-state index contributed by atoms with van der Waals surface area (Å²) in [5.41, 5.74) is 0. The summed E-state index contributed by atoms with van der Waals surface area (Å²) in [7, 11) is 0. The van der Waals surface area contributed by atoms with Crippen molar-refractivity contribution in [3.05, 3.63) is 12.7 Å². The third-order valence-electron chi connectivity index (χ3n) is 2.64. The standard InChI is InChI=1S/C12H21NO2/c1-3-5-6-11(14)12-10-13(7-4-2)8-9-15-12/h3,12H,1,4-10H2,2H3. The van der Waals surface area contributed by atoms with Crippen LogP contribution in [0.1, 0.15) is 26.2 Å². The molecule has 0 aromatic rings. The van der Waals surface area contributed by atoms with E-state index in [1.165, 1.54) is 0 Å². The molecule has 1 fully saturated rings. The molecule has 1 aliphatic heterocycles. The number of ketones is 1. The average Bonchev–Trinajstić information content (AvgIpc) is 2.27. The van der Waals surface area contributed by atoms with Gasteiger partial charge >= 0.3 is 0 Å². The van der Waals surface area contributed by atoms with E-state index in [2.05, 4.69) is 18.4 Å². The molecule has 3 heteroatoms. The Hall–Kier alpha value is -0.670. The van der Waals surface area contributed by atoms with Crippen LogP contribution in [0.2, 0.25) is 0 Å². The van der Waals surface area contributed by atoms with Gasteiger partial charge in [-0.1, -0.05) is 13.0 Å². The minimum atomic E-state index is -0.203. The Bertz CT molecular complexity index is 214. The van der Waals surface area contributed by atoms with Crippen LogP contribution in [0, 0.1) is 0 Å². The molecule has 0 N–H and O–H groups in total. The van der Waals surface area contributed by atoms with E-state index < -0.39 is 0 Å². The molecule has 1 saturated heterocycles. The van der Waals surface area contributed by atoms with Crippen LogP contribution < -0.4 is 0 Å². The lowest BCUT2D eigenvalue weighted by molar-refractivity contribution is -0.136. The maximum Gasteiger partial charge on any atom is 0.163 e. The van der Waals surface area contributed by atoms with Crippen LogP contribution in [0.25, 0.3) is 0 Å². The first kappa shape index (κ1) is 12.4. The third kappa shape index (κ3) is 4.14. The fourth-order valence-corrected chi connectivity index (χ4v) is 1.82. The van der Waals surface area contributed by atoms with Gasteiger partial charge in [-0.25, -0.2) is 0 Å². The topological polar surface area (TPSA) is 29.5 Å². The van der Waals surface area contributed by atoms with Crippen LogP contribution in [0.4, 0.5) is 0 Å². The molecule has 15 heavy (non-hydrogen) atoms. The van der Waals surface area contributed by atoms with Gasteiger partial charge in [0.15, 0.2) is 5.78 Å². The lowest BCUT2D eigenvalue weighted by atomic mass is 10.1. The SMILES string of the molecule is C=CCCC(=O)C1CN(CCC)CCO1. The van der Waals surface area contributed by atoms with Crippen LogP contribution in [0.15, 0.2) is 12.7 Å². The van der Waals surface area contributed by atoms with Crippen molar-refractivity contribution >= 4 is 5.78 Å². The van der Waals surface area contributed by atoms with E-state index in [9.17, 15) is 4.79 Å². The number of morpholine rings is 1. The Kier molecular flexibility index (Phi) is 5.58. The average molecular weight is 211 g/mol. The Morgan fingerprint density at radius 3 is 3.13 bits per heavy atom. The smallest absolute Gasteiger partial charge is 0.163 e. The summed E-state index contributed by atoms with van der Waals surface area (Å²) in [6.07, 6.45) is 4.03. The third-order valence-corrected chi connectivity index (χ3v) is 2.64. The molecule has 1 rings (SSSR count). The zero-order valence-electron chi connectivity index (χ0n) is 9.58. The van der Waals surface area contributed by atoms with Crippen molar-refractivity contribution in [2.45, 2.75) is 32.3 Å². The molecule has 1 aliphatic rings. The molecule has 0 amide bonds. The van der Waals surface area contributed by atoms with Gasteiger partial charge in [0.05, 0.1) is 6.61 Å². The van der Waals surface area contributed by atoms with Crippen molar-refractivity contribution in [1.29, 1.82) is 0 Å². The van der Waals surface area contributed by atoms with E-state index in [4.69, 9.17) is 4.74 Å². The molecular weight excluding hydrogens is 190 g/mol. The summed E-state index contributed by atoms with van der Waals surface area (Å²) in [6, 6.07) is 0. The number of nitrogens with zero attached hydrogens (tertiary/aromatic N) is 1. The molecule has 0 aliphatic carbocycles. The van der Waals surface area contributed by atoms with E-state index in [0.29, 0.717) is 13.0 Å². The van der Waals surface area contributed by atoms with E-state index in [1.807, 2.05) is 0 Å². The highest BCUT2D eigenvalue weighted by molar-refractivity contribution is 5.83. The fourth-order valence-electron chi connectivity index (χ4n) is 1.82. The first-order valence-electron chi connectivity index (χ1n) is 5.75. The van der Waals surface area contributed by atoms with Crippen LogP contribution in [-0.4, -0.2) is 43.0 Å². The number of carbonyl (C=O) groups is 1. The van der Waals surface area contributed by atoms with Crippen LogP contribution >= 0.6 is 0 Å². The maximum absolute atomic E-state index is 11.7. The molecule has 0 radical (unpaired) electrons. The molecule has 1 heterocycles. The summed E-state index contributed by atoms with van der Waals surface area (Å²) in [5, 5.41) is 0. The van der Waals surface area contributed by atoms with Crippen molar-refractivity contribution < 1.29 is 9.53 Å². The van der Waals surface area contributed by atoms with E-state index >= 15 is 0 Å². The first-order chi connectivity index (χ1) is 7.27. The summed E-state index contributed by atoms with van der Waals surface area (Å²) in [4.78, 5) is 14.0. The van der Waals surface area contributed by atoms with Crippen molar-refractivity contribution in [2.75, 3.05) is 26.2 Å². The van der Waals surface area contributed by atoms with E-state index in [0.717, 1.165) is 32.5 Å². The zero-order chi connectivity index (χ0) is 11.1. The molecule has 1 unspecified atom stereocenters. The first-order valence-corrected chi connectivity index (χ1v) is 5.75. The van der Waals surface area contributed by atoms with Crippen molar-refractivity contribution in [3.63, 3.8) is 0 Å². The predicted octanol–water partition coefficient (Wildman–Crippen LogP) is 1.63. The van der Waals surface area contributed by atoms with Crippen LogP contribution in [-0.2, 0) is 9.53 Å². The highest BCUT2D eigenvalue weighted by Gasteiger charge is 2.25. The second kappa shape index (κ2) is 6.75. The number of rotatable bonds is 6. The molecule has 1 atom stereocenters. The number of ether oxygens (including phenoxy) is 1. The number of allylic oxidation sites excluding steroid dienone is 1. The monoisotopic (exact) mass is 211 g/mol. The Morgan fingerprint density at radius 1 is 1.67 bits per heavy atom.